The van der Waals surface area contributed by atoms with Gasteiger partial charge in [-0.2, -0.15) is 0 Å². The van der Waals surface area contributed by atoms with E-state index in [-0.39, 0.29) is 24.2 Å². The van der Waals surface area contributed by atoms with Gasteiger partial charge in [0.2, 0.25) is 0 Å². The van der Waals surface area contributed by atoms with Gasteiger partial charge in [0.1, 0.15) is 17.4 Å². The Kier molecular flexibility index (Phi) is 4.32. The number of nitrogens with zero attached hydrogens (tertiary/aromatic N) is 3. The summed E-state index contributed by atoms with van der Waals surface area (Å²) in [5.41, 5.74) is 2.63. The van der Waals surface area contributed by atoms with E-state index in [0.29, 0.717) is 0 Å². The van der Waals surface area contributed by atoms with Crippen molar-refractivity contribution >= 4 is 21.9 Å². The normalized spacial score (nSPS) is 15.1. The molecule has 0 saturated carbocycles. The summed E-state index contributed by atoms with van der Waals surface area (Å²) in [6.45, 7) is 8.40. The summed E-state index contributed by atoms with van der Waals surface area (Å²) in [5.74, 6) is 0.819. The fourth-order valence-electron chi connectivity index (χ4n) is 3.19. The highest BCUT2D eigenvalue weighted by atomic mass is 16.5. The molecule has 2 aromatic heterocycles. The van der Waals surface area contributed by atoms with Gasteiger partial charge >= 0.3 is 0 Å². The Balaban J connectivity index is 2.43. The SMILES string of the molecule is COC(C)c1nc2cnc3ccccc3c2n1C(CO)C(C)(C)C. The first-order valence-electron chi connectivity index (χ1n) is 8.27. The van der Waals surface area contributed by atoms with E-state index in [4.69, 9.17) is 9.72 Å². The van der Waals surface area contributed by atoms with E-state index in [1.807, 2.05) is 25.1 Å². The van der Waals surface area contributed by atoms with Gasteiger partial charge in [-0.3, -0.25) is 4.98 Å². The number of hydrogen-bond acceptors (Lipinski definition) is 4. The van der Waals surface area contributed by atoms with Crippen LogP contribution in [0.4, 0.5) is 0 Å². The molecule has 5 nitrogen and oxygen atoms in total. The standard InChI is InChI=1S/C19H25N3O2/c1-12(24-5)18-21-15-10-20-14-9-7-6-8-13(14)17(15)22(18)16(11-23)19(2,3)4/h6-10,12,16,23H,11H2,1-5H3. The molecule has 0 aliphatic rings. The average molecular weight is 327 g/mol. The minimum atomic E-state index is -0.174. The summed E-state index contributed by atoms with van der Waals surface area (Å²) < 4.78 is 7.69. The fraction of sp³-hybridized carbons (Fsp3) is 0.474. The van der Waals surface area contributed by atoms with Crippen LogP contribution >= 0.6 is 0 Å². The highest BCUT2D eigenvalue weighted by molar-refractivity contribution is 6.02. The zero-order valence-electron chi connectivity index (χ0n) is 14.9. The van der Waals surface area contributed by atoms with Gasteiger partial charge in [0, 0.05) is 12.5 Å². The second-order valence-electron chi connectivity index (χ2n) is 7.29. The van der Waals surface area contributed by atoms with Crippen molar-refractivity contribution in [2.75, 3.05) is 13.7 Å². The molecule has 0 amide bonds. The summed E-state index contributed by atoms with van der Waals surface area (Å²) in [7, 11) is 1.68. The van der Waals surface area contributed by atoms with E-state index >= 15 is 0 Å². The minimum absolute atomic E-state index is 0.0368. The highest BCUT2D eigenvalue weighted by Crippen LogP contribution is 2.38. The molecule has 3 rings (SSSR count). The number of rotatable bonds is 4. The third-order valence-corrected chi connectivity index (χ3v) is 4.65. The van der Waals surface area contributed by atoms with Crippen LogP contribution in [0.15, 0.2) is 30.5 Å². The molecule has 3 aromatic rings. The van der Waals surface area contributed by atoms with Gasteiger partial charge in [-0.1, -0.05) is 39.0 Å². The Morgan fingerprint density at radius 1 is 1.21 bits per heavy atom. The van der Waals surface area contributed by atoms with E-state index in [1.165, 1.54) is 0 Å². The van der Waals surface area contributed by atoms with E-state index in [2.05, 4.69) is 36.4 Å². The molecule has 0 aliphatic heterocycles. The number of para-hydroxylation sites is 1. The Morgan fingerprint density at radius 3 is 2.54 bits per heavy atom. The largest absolute Gasteiger partial charge is 0.394 e. The quantitative estimate of drug-likeness (QED) is 0.790. The topological polar surface area (TPSA) is 60.2 Å². The van der Waals surface area contributed by atoms with Crippen LogP contribution in [-0.2, 0) is 4.74 Å². The van der Waals surface area contributed by atoms with Gasteiger partial charge in [-0.25, -0.2) is 4.98 Å². The van der Waals surface area contributed by atoms with Crippen LogP contribution in [0.25, 0.3) is 21.9 Å². The lowest BCUT2D eigenvalue weighted by molar-refractivity contribution is 0.0915. The molecule has 0 saturated heterocycles. The minimum Gasteiger partial charge on any atom is -0.394 e. The third kappa shape index (κ3) is 2.68. The molecule has 0 radical (unpaired) electrons. The van der Waals surface area contributed by atoms with Crippen LogP contribution in [0, 0.1) is 5.41 Å². The second kappa shape index (κ2) is 6.15. The van der Waals surface area contributed by atoms with Crippen LogP contribution in [0.1, 0.15) is 45.7 Å². The van der Waals surface area contributed by atoms with Crippen molar-refractivity contribution in [3.05, 3.63) is 36.3 Å². The first-order chi connectivity index (χ1) is 11.4. The molecule has 5 heteroatoms. The first-order valence-corrected chi connectivity index (χ1v) is 8.27. The molecule has 2 atom stereocenters. The number of ether oxygens (including phenoxy) is 1. The lowest BCUT2D eigenvalue weighted by Crippen LogP contribution is -2.29. The molecular weight excluding hydrogens is 302 g/mol. The Labute approximate surface area is 142 Å². The molecule has 128 valence electrons. The van der Waals surface area contributed by atoms with Crippen molar-refractivity contribution < 1.29 is 9.84 Å². The zero-order valence-corrected chi connectivity index (χ0v) is 14.9. The molecule has 1 aromatic carbocycles. The predicted molar refractivity (Wildman–Crippen MR) is 96.0 cm³/mol. The van der Waals surface area contributed by atoms with Crippen molar-refractivity contribution in [2.24, 2.45) is 5.41 Å². The maximum atomic E-state index is 10.1. The number of aliphatic hydroxyl groups excluding tert-OH is 1. The highest BCUT2D eigenvalue weighted by Gasteiger charge is 2.31. The maximum absolute atomic E-state index is 10.1. The third-order valence-electron chi connectivity index (χ3n) is 4.65. The van der Waals surface area contributed by atoms with Gasteiger partial charge in [0.25, 0.3) is 0 Å². The zero-order chi connectivity index (χ0) is 17.5. The Bertz CT molecular complexity index is 864. The average Bonchev–Trinajstić information content (AvgIpc) is 2.93. The molecule has 1 N–H and O–H groups in total. The smallest absolute Gasteiger partial charge is 0.139 e. The lowest BCUT2D eigenvalue weighted by atomic mass is 9.86. The number of benzene rings is 1. The van der Waals surface area contributed by atoms with Crippen molar-refractivity contribution in [1.82, 2.24) is 14.5 Å². The van der Waals surface area contributed by atoms with E-state index < -0.39 is 0 Å². The molecule has 0 aliphatic carbocycles. The van der Waals surface area contributed by atoms with Crippen LogP contribution < -0.4 is 0 Å². The summed E-state index contributed by atoms with van der Waals surface area (Å²) >= 11 is 0. The summed E-state index contributed by atoms with van der Waals surface area (Å²) in [6, 6.07) is 7.93. The Morgan fingerprint density at radius 2 is 1.92 bits per heavy atom. The van der Waals surface area contributed by atoms with Crippen LogP contribution in [-0.4, -0.2) is 33.4 Å². The first kappa shape index (κ1) is 16.9. The number of pyridine rings is 1. The van der Waals surface area contributed by atoms with E-state index in [0.717, 1.165) is 27.8 Å². The van der Waals surface area contributed by atoms with Crippen molar-refractivity contribution in [3.8, 4) is 0 Å². The van der Waals surface area contributed by atoms with Gasteiger partial charge in [0.05, 0.1) is 29.9 Å². The summed E-state index contributed by atoms with van der Waals surface area (Å²) in [6.07, 6.45) is 1.63. The number of aromatic nitrogens is 3. The van der Waals surface area contributed by atoms with Gasteiger partial charge in [0.15, 0.2) is 0 Å². The summed E-state index contributed by atoms with van der Waals surface area (Å²) in [5, 5.41) is 11.2. The maximum Gasteiger partial charge on any atom is 0.139 e. The van der Waals surface area contributed by atoms with Crippen LogP contribution in [0.5, 0.6) is 0 Å². The van der Waals surface area contributed by atoms with Gasteiger partial charge < -0.3 is 14.4 Å². The summed E-state index contributed by atoms with van der Waals surface area (Å²) in [4.78, 5) is 9.30. The molecule has 24 heavy (non-hydrogen) atoms. The molecule has 0 spiro atoms. The molecule has 0 bridgehead atoms. The number of methoxy groups -OCH3 is 1. The van der Waals surface area contributed by atoms with E-state index in [9.17, 15) is 5.11 Å². The van der Waals surface area contributed by atoms with Gasteiger partial charge in [-0.15, -0.1) is 0 Å². The van der Waals surface area contributed by atoms with Crippen molar-refractivity contribution in [1.29, 1.82) is 0 Å². The molecule has 2 heterocycles. The predicted octanol–water partition coefficient (Wildman–Crippen LogP) is 3.87. The number of fused-ring (bicyclic) bond motifs is 3. The number of aliphatic hydroxyl groups is 1. The van der Waals surface area contributed by atoms with E-state index in [1.54, 1.807) is 13.3 Å². The second-order valence-corrected chi connectivity index (χ2v) is 7.29. The fourth-order valence-corrected chi connectivity index (χ4v) is 3.19. The number of imidazole rings is 1. The monoisotopic (exact) mass is 327 g/mol. The van der Waals surface area contributed by atoms with Gasteiger partial charge in [-0.05, 0) is 18.4 Å². The lowest BCUT2D eigenvalue weighted by Gasteiger charge is -2.33. The Hall–Kier alpha value is -1.98. The molecule has 0 fully saturated rings. The van der Waals surface area contributed by atoms with Crippen molar-refractivity contribution in [2.45, 2.75) is 39.8 Å². The number of hydrogen-bond donors (Lipinski definition) is 1. The van der Waals surface area contributed by atoms with Crippen molar-refractivity contribution in [3.63, 3.8) is 0 Å². The van der Waals surface area contributed by atoms with Crippen LogP contribution in [0.2, 0.25) is 0 Å². The molecule has 2 unspecified atom stereocenters. The molecular formula is C19H25N3O2. The van der Waals surface area contributed by atoms with Crippen LogP contribution in [0.3, 0.4) is 0 Å².